The molecule has 2 saturated heterocycles. The van der Waals surface area contributed by atoms with E-state index in [4.69, 9.17) is 0 Å². The highest BCUT2D eigenvalue weighted by Crippen LogP contribution is 2.66. The quantitative estimate of drug-likeness (QED) is 0.437. The monoisotopic (exact) mass is 250 g/mol. The Kier molecular flexibility index (Phi) is 1.60. The van der Waals surface area contributed by atoms with Crippen LogP contribution >= 0.6 is 0 Å². The van der Waals surface area contributed by atoms with Crippen molar-refractivity contribution in [3.05, 3.63) is 0 Å². The molecule has 5 atom stereocenters. The van der Waals surface area contributed by atoms with Crippen molar-refractivity contribution in [2.24, 2.45) is 29.1 Å². The molecular formula is C12H10O6. The average Bonchev–Trinajstić information content (AvgIpc) is 2.95. The molecule has 2 heterocycles. The van der Waals surface area contributed by atoms with Gasteiger partial charge in [0.25, 0.3) is 0 Å². The zero-order valence-corrected chi connectivity index (χ0v) is 9.38. The van der Waals surface area contributed by atoms with E-state index in [-0.39, 0.29) is 18.3 Å². The number of ether oxygens (including phenoxy) is 2. The second-order valence-electron chi connectivity index (χ2n) is 5.69. The van der Waals surface area contributed by atoms with E-state index in [1.54, 1.807) is 0 Å². The Morgan fingerprint density at radius 1 is 1.00 bits per heavy atom. The van der Waals surface area contributed by atoms with Crippen LogP contribution < -0.4 is 0 Å². The molecule has 0 aromatic heterocycles. The molecule has 2 bridgehead atoms. The van der Waals surface area contributed by atoms with Crippen LogP contribution in [0.25, 0.3) is 0 Å². The van der Waals surface area contributed by atoms with Gasteiger partial charge in [0.2, 0.25) is 0 Å². The first kappa shape index (κ1) is 10.2. The van der Waals surface area contributed by atoms with Gasteiger partial charge >= 0.3 is 23.9 Å². The molecule has 4 aliphatic rings. The van der Waals surface area contributed by atoms with Crippen molar-refractivity contribution in [2.45, 2.75) is 19.3 Å². The Morgan fingerprint density at radius 3 is 2.39 bits per heavy atom. The largest absolute Gasteiger partial charge is 0.393 e. The van der Waals surface area contributed by atoms with E-state index in [0.29, 0.717) is 12.8 Å². The molecule has 1 spiro atoms. The second kappa shape index (κ2) is 2.81. The minimum absolute atomic E-state index is 0.0302. The summed E-state index contributed by atoms with van der Waals surface area (Å²) in [5.74, 6) is -3.31. The lowest BCUT2D eigenvalue weighted by molar-refractivity contribution is -0.157. The van der Waals surface area contributed by atoms with E-state index in [9.17, 15) is 19.2 Å². The molecule has 94 valence electrons. The Bertz CT molecular complexity index is 523. The topological polar surface area (TPSA) is 86.7 Å². The van der Waals surface area contributed by atoms with E-state index in [0.717, 1.165) is 0 Å². The third kappa shape index (κ3) is 0.921. The summed E-state index contributed by atoms with van der Waals surface area (Å²) in [7, 11) is 0. The maximum Gasteiger partial charge on any atom is 0.320 e. The number of fused-ring (bicyclic) bond motifs is 6. The van der Waals surface area contributed by atoms with Gasteiger partial charge in [-0.2, -0.15) is 0 Å². The first-order valence-corrected chi connectivity index (χ1v) is 6.03. The normalized spacial score (nSPS) is 48.9. The van der Waals surface area contributed by atoms with Gasteiger partial charge in [-0.05, 0) is 24.7 Å². The summed E-state index contributed by atoms with van der Waals surface area (Å²) in [5.41, 5.74) is -0.868. The SMILES string of the molecule is O=C1C[C@]2(C[C@H]3C[C@@H]2[C@@H]2C(=O)OC(=O)[C@H]32)C(=O)O1. The van der Waals surface area contributed by atoms with Crippen molar-refractivity contribution in [3.63, 3.8) is 0 Å². The number of carbonyl (C=O) groups is 4. The van der Waals surface area contributed by atoms with Crippen molar-refractivity contribution in [3.8, 4) is 0 Å². The van der Waals surface area contributed by atoms with Gasteiger partial charge in [-0.3, -0.25) is 19.2 Å². The molecule has 4 rings (SSSR count). The predicted molar refractivity (Wildman–Crippen MR) is 52.4 cm³/mol. The number of hydrogen-bond donors (Lipinski definition) is 0. The van der Waals surface area contributed by atoms with Crippen LogP contribution in [-0.4, -0.2) is 23.9 Å². The Balaban J connectivity index is 1.78. The summed E-state index contributed by atoms with van der Waals surface area (Å²) in [6, 6.07) is 0. The lowest BCUT2D eigenvalue weighted by atomic mass is 9.64. The van der Waals surface area contributed by atoms with Crippen molar-refractivity contribution in [2.75, 3.05) is 0 Å². The molecule has 6 heteroatoms. The third-order valence-corrected chi connectivity index (χ3v) is 5.04. The van der Waals surface area contributed by atoms with Gasteiger partial charge in [-0.15, -0.1) is 0 Å². The van der Waals surface area contributed by atoms with Crippen LogP contribution in [0.2, 0.25) is 0 Å². The summed E-state index contributed by atoms with van der Waals surface area (Å²) < 4.78 is 9.31. The van der Waals surface area contributed by atoms with Gasteiger partial charge < -0.3 is 9.47 Å². The van der Waals surface area contributed by atoms with Gasteiger partial charge in [0.15, 0.2) is 0 Å². The fraction of sp³-hybridized carbons (Fsp3) is 0.667. The van der Waals surface area contributed by atoms with Crippen LogP contribution in [-0.2, 0) is 28.7 Å². The minimum Gasteiger partial charge on any atom is -0.393 e. The maximum absolute atomic E-state index is 11.9. The smallest absolute Gasteiger partial charge is 0.320 e. The van der Waals surface area contributed by atoms with Gasteiger partial charge in [0, 0.05) is 0 Å². The molecule has 6 nitrogen and oxygen atoms in total. The highest BCUT2D eigenvalue weighted by atomic mass is 16.6. The molecule has 0 radical (unpaired) electrons. The van der Waals surface area contributed by atoms with E-state index >= 15 is 0 Å². The number of carbonyl (C=O) groups excluding carboxylic acids is 4. The standard InChI is InChI=1S/C12H10O6/c13-6-3-12(11(16)17-6)2-4-1-5(12)8-7(4)9(14)18-10(8)15/h4-5,7-8H,1-3H2/t4-,5-,7-,8+,12+/m1/s1. The highest BCUT2D eigenvalue weighted by molar-refractivity contribution is 6.02. The molecule has 2 aliphatic carbocycles. The molecule has 4 fully saturated rings. The van der Waals surface area contributed by atoms with Crippen molar-refractivity contribution < 1.29 is 28.7 Å². The Morgan fingerprint density at radius 2 is 1.72 bits per heavy atom. The van der Waals surface area contributed by atoms with Crippen molar-refractivity contribution in [1.29, 1.82) is 0 Å². The number of hydrogen-bond acceptors (Lipinski definition) is 6. The van der Waals surface area contributed by atoms with Crippen molar-refractivity contribution in [1.82, 2.24) is 0 Å². The number of esters is 4. The molecular weight excluding hydrogens is 240 g/mol. The molecule has 18 heavy (non-hydrogen) atoms. The molecule has 0 N–H and O–H groups in total. The summed E-state index contributed by atoms with van der Waals surface area (Å²) >= 11 is 0. The van der Waals surface area contributed by atoms with Crippen LogP contribution in [0, 0.1) is 29.1 Å². The first-order chi connectivity index (χ1) is 8.53. The fourth-order valence-electron chi connectivity index (χ4n) is 4.46. The lowest BCUT2D eigenvalue weighted by Crippen LogP contribution is -2.41. The molecule has 0 unspecified atom stereocenters. The molecule has 0 amide bonds. The predicted octanol–water partition coefficient (Wildman–Crippen LogP) is -0.198. The zero-order chi connectivity index (χ0) is 12.7. The summed E-state index contributed by atoms with van der Waals surface area (Å²) in [6.45, 7) is 0. The number of cyclic esters (lactones) is 4. The van der Waals surface area contributed by atoms with Gasteiger partial charge in [-0.25, -0.2) is 0 Å². The lowest BCUT2D eigenvalue weighted by Gasteiger charge is -2.32. The molecule has 2 saturated carbocycles. The van der Waals surface area contributed by atoms with Crippen LogP contribution in [0.5, 0.6) is 0 Å². The van der Waals surface area contributed by atoms with Gasteiger partial charge in [0.05, 0.1) is 23.7 Å². The van der Waals surface area contributed by atoms with Crippen LogP contribution in [0.15, 0.2) is 0 Å². The zero-order valence-electron chi connectivity index (χ0n) is 9.38. The van der Waals surface area contributed by atoms with E-state index in [2.05, 4.69) is 9.47 Å². The number of rotatable bonds is 0. The van der Waals surface area contributed by atoms with Crippen molar-refractivity contribution >= 4 is 23.9 Å². The van der Waals surface area contributed by atoms with Gasteiger partial charge in [-0.1, -0.05) is 0 Å². The third-order valence-electron chi connectivity index (χ3n) is 5.04. The first-order valence-electron chi connectivity index (χ1n) is 6.03. The summed E-state index contributed by atoms with van der Waals surface area (Å²) in [4.78, 5) is 46.5. The summed E-state index contributed by atoms with van der Waals surface area (Å²) in [6.07, 6.45) is 1.14. The molecule has 0 aromatic carbocycles. The Hall–Kier alpha value is -1.72. The fourth-order valence-corrected chi connectivity index (χ4v) is 4.46. The van der Waals surface area contributed by atoms with E-state index < -0.39 is 41.1 Å². The van der Waals surface area contributed by atoms with Crippen LogP contribution in [0.4, 0.5) is 0 Å². The molecule has 2 aliphatic heterocycles. The van der Waals surface area contributed by atoms with E-state index in [1.165, 1.54) is 0 Å². The minimum atomic E-state index is -0.868. The van der Waals surface area contributed by atoms with Crippen LogP contribution in [0.3, 0.4) is 0 Å². The molecule has 0 aromatic rings. The second-order valence-corrected chi connectivity index (χ2v) is 5.69. The maximum atomic E-state index is 11.9. The Labute approximate surface area is 102 Å². The average molecular weight is 250 g/mol. The summed E-state index contributed by atoms with van der Waals surface area (Å²) in [5, 5.41) is 0. The highest BCUT2D eigenvalue weighted by Gasteiger charge is 2.72. The van der Waals surface area contributed by atoms with Gasteiger partial charge in [0.1, 0.15) is 0 Å². The van der Waals surface area contributed by atoms with Crippen LogP contribution in [0.1, 0.15) is 19.3 Å². The van der Waals surface area contributed by atoms with E-state index in [1.807, 2.05) is 0 Å².